The summed E-state index contributed by atoms with van der Waals surface area (Å²) in [6.45, 7) is 0. The Hall–Kier alpha value is -1.23. The van der Waals surface area contributed by atoms with E-state index in [0.717, 1.165) is 12.0 Å². The predicted molar refractivity (Wildman–Crippen MR) is 68.6 cm³/mol. The van der Waals surface area contributed by atoms with Crippen molar-refractivity contribution in [3.05, 3.63) is 54.0 Å². The molecule has 2 heterocycles. The van der Waals surface area contributed by atoms with Crippen LogP contribution >= 0.6 is 11.8 Å². The molecular formula is C13H14N2OS. The summed E-state index contributed by atoms with van der Waals surface area (Å²) < 4.78 is 5.13. The van der Waals surface area contributed by atoms with Gasteiger partial charge in [0.15, 0.2) is 0 Å². The number of hydrazine groups is 1. The maximum atomic E-state index is 5.67. The first-order valence-corrected chi connectivity index (χ1v) is 6.49. The SMILES string of the molecule is NNC(c1ccoc1)C1Cc2ccccc2S1. The molecule has 88 valence electrons. The van der Waals surface area contributed by atoms with E-state index in [1.54, 1.807) is 12.5 Å². The van der Waals surface area contributed by atoms with Gasteiger partial charge in [0.1, 0.15) is 0 Å². The van der Waals surface area contributed by atoms with Gasteiger partial charge in [-0.05, 0) is 24.1 Å². The average molecular weight is 246 g/mol. The number of fused-ring (bicyclic) bond motifs is 1. The van der Waals surface area contributed by atoms with Crippen LogP contribution in [0.5, 0.6) is 0 Å². The number of furan rings is 1. The van der Waals surface area contributed by atoms with E-state index in [1.165, 1.54) is 10.5 Å². The molecule has 17 heavy (non-hydrogen) atoms. The summed E-state index contributed by atoms with van der Waals surface area (Å²) in [5, 5.41) is 0.426. The molecule has 0 amide bonds. The first-order valence-electron chi connectivity index (χ1n) is 5.61. The van der Waals surface area contributed by atoms with Gasteiger partial charge in [-0.15, -0.1) is 11.8 Å². The molecule has 2 atom stereocenters. The molecule has 4 heteroatoms. The molecule has 0 saturated heterocycles. The van der Waals surface area contributed by atoms with Crippen LogP contribution in [0.15, 0.2) is 52.2 Å². The Morgan fingerprint density at radius 2 is 2.24 bits per heavy atom. The Balaban J connectivity index is 1.83. The molecule has 1 aliphatic heterocycles. The van der Waals surface area contributed by atoms with Crippen molar-refractivity contribution in [2.45, 2.75) is 22.6 Å². The number of nitrogens with two attached hydrogens (primary N) is 1. The van der Waals surface area contributed by atoms with Crippen LogP contribution in [0, 0.1) is 0 Å². The van der Waals surface area contributed by atoms with E-state index in [1.807, 2.05) is 17.8 Å². The highest BCUT2D eigenvalue weighted by Crippen LogP contribution is 2.42. The van der Waals surface area contributed by atoms with Crippen LogP contribution < -0.4 is 11.3 Å². The zero-order valence-corrected chi connectivity index (χ0v) is 10.1. The smallest absolute Gasteiger partial charge is 0.0951 e. The summed E-state index contributed by atoms with van der Waals surface area (Å²) in [4.78, 5) is 1.36. The van der Waals surface area contributed by atoms with E-state index in [4.69, 9.17) is 10.3 Å². The van der Waals surface area contributed by atoms with E-state index < -0.39 is 0 Å². The van der Waals surface area contributed by atoms with E-state index in [2.05, 4.69) is 29.7 Å². The van der Waals surface area contributed by atoms with Crippen LogP contribution in [-0.2, 0) is 6.42 Å². The monoisotopic (exact) mass is 246 g/mol. The molecule has 1 aromatic heterocycles. The van der Waals surface area contributed by atoms with E-state index >= 15 is 0 Å². The molecule has 3 N–H and O–H groups in total. The lowest BCUT2D eigenvalue weighted by atomic mass is 10.0. The molecule has 2 unspecified atom stereocenters. The van der Waals surface area contributed by atoms with Gasteiger partial charge in [0.25, 0.3) is 0 Å². The average Bonchev–Trinajstić information content (AvgIpc) is 2.98. The minimum absolute atomic E-state index is 0.131. The Labute approximate surface area is 104 Å². The van der Waals surface area contributed by atoms with Crippen molar-refractivity contribution in [1.29, 1.82) is 0 Å². The van der Waals surface area contributed by atoms with Gasteiger partial charge in [0.2, 0.25) is 0 Å². The highest BCUT2D eigenvalue weighted by molar-refractivity contribution is 8.00. The molecule has 3 rings (SSSR count). The number of hydrogen-bond donors (Lipinski definition) is 2. The highest BCUT2D eigenvalue weighted by atomic mass is 32.2. The molecule has 0 fully saturated rings. The third-order valence-corrected chi connectivity index (χ3v) is 4.52. The Bertz CT molecular complexity index is 473. The van der Waals surface area contributed by atoms with Gasteiger partial charge in [0.05, 0.1) is 18.6 Å². The van der Waals surface area contributed by atoms with Crippen LogP contribution in [0.3, 0.4) is 0 Å². The Kier molecular flexibility index (Phi) is 2.93. The fraction of sp³-hybridized carbons (Fsp3) is 0.231. The summed E-state index contributed by atoms with van der Waals surface area (Å²) in [5.74, 6) is 5.67. The van der Waals surface area contributed by atoms with Gasteiger partial charge in [-0.3, -0.25) is 11.3 Å². The van der Waals surface area contributed by atoms with Crippen molar-refractivity contribution in [3.8, 4) is 0 Å². The molecule has 0 aliphatic carbocycles. The first-order chi connectivity index (χ1) is 8.38. The topological polar surface area (TPSA) is 51.2 Å². The Morgan fingerprint density at radius 3 is 2.94 bits per heavy atom. The second kappa shape index (κ2) is 4.56. The lowest BCUT2D eigenvalue weighted by Gasteiger charge is -2.20. The lowest BCUT2D eigenvalue weighted by molar-refractivity contribution is 0.514. The summed E-state index contributed by atoms with van der Waals surface area (Å²) >= 11 is 1.88. The second-order valence-corrected chi connectivity index (χ2v) is 5.45. The van der Waals surface area contributed by atoms with Crippen LogP contribution in [0.25, 0.3) is 0 Å². The molecule has 3 nitrogen and oxygen atoms in total. The van der Waals surface area contributed by atoms with Crippen molar-refractivity contribution in [3.63, 3.8) is 0 Å². The fourth-order valence-corrected chi connectivity index (χ4v) is 3.69. The highest BCUT2D eigenvalue weighted by Gasteiger charge is 2.30. The van der Waals surface area contributed by atoms with Crippen molar-refractivity contribution in [1.82, 2.24) is 5.43 Å². The maximum absolute atomic E-state index is 5.67. The molecule has 1 aromatic carbocycles. The van der Waals surface area contributed by atoms with Crippen LogP contribution in [0.4, 0.5) is 0 Å². The standard InChI is InChI=1S/C13H14N2OS/c14-15-13(10-5-6-16-8-10)12-7-9-3-1-2-4-11(9)17-12/h1-6,8,12-13,15H,7,14H2. The minimum atomic E-state index is 0.131. The molecule has 2 aromatic rings. The van der Waals surface area contributed by atoms with E-state index in [-0.39, 0.29) is 6.04 Å². The van der Waals surface area contributed by atoms with Crippen LogP contribution in [0.2, 0.25) is 0 Å². The molecule has 0 bridgehead atoms. The van der Waals surface area contributed by atoms with E-state index in [9.17, 15) is 0 Å². The molecule has 0 spiro atoms. The van der Waals surface area contributed by atoms with Crippen molar-refractivity contribution in [2.24, 2.45) is 5.84 Å². The summed E-state index contributed by atoms with van der Waals surface area (Å²) in [6.07, 6.45) is 4.49. The summed E-state index contributed by atoms with van der Waals surface area (Å²) in [5.41, 5.74) is 5.42. The predicted octanol–water partition coefficient (Wildman–Crippen LogP) is 2.50. The summed E-state index contributed by atoms with van der Waals surface area (Å²) in [6, 6.07) is 10.6. The quantitative estimate of drug-likeness (QED) is 0.645. The number of nitrogens with one attached hydrogen (secondary N) is 1. The van der Waals surface area contributed by atoms with Crippen molar-refractivity contribution >= 4 is 11.8 Å². The molecule has 1 aliphatic rings. The van der Waals surface area contributed by atoms with Gasteiger partial charge < -0.3 is 4.42 Å². The van der Waals surface area contributed by atoms with Gasteiger partial charge in [-0.1, -0.05) is 18.2 Å². The van der Waals surface area contributed by atoms with Crippen LogP contribution in [0.1, 0.15) is 17.2 Å². The van der Waals surface area contributed by atoms with Crippen molar-refractivity contribution in [2.75, 3.05) is 0 Å². The Morgan fingerprint density at radius 1 is 1.35 bits per heavy atom. The number of benzene rings is 1. The van der Waals surface area contributed by atoms with Gasteiger partial charge in [-0.25, -0.2) is 0 Å². The lowest BCUT2D eigenvalue weighted by Crippen LogP contribution is -2.34. The zero-order valence-electron chi connectivity index (χ0n) is 9.30. The third kappa shape index (κ3) is 1.99. The van der Waals surface area contributed by atoms with Gasteiger partial charge in [0, 0.05) is 15.7 Å². The number of rotatable bonds is 3. The van der Waals surface area contributed by atoms with Crippen LogP contribution in [-0.4, -0.2) is 5.25 Å². The number of hydrogen-bond acceptors (Lipinski definition) is 4. The zero-order chi connectivity index (χ0) is 11.7. The fourth-order valence-electron chi connectivity index (χ4n) is 2.26. The summed E-state index contributed by atoms with van der Waals surface area (Å²) in [7, 11) is 0. The number of thioether (sulfide) groups is 1. The largest absolute Gasteiger partial charge is 0.472 e. The van der Waals surface area contributed by atoms with Gasteiger partial charge >= 0.3 is 0 Å². The molecule has 0 saturated carbocycles. The second-order valence-electron chi connectivity index (χ2n) is 4.17. The normalized spacial score (nSPS) is 20.2. The maximum Gasteiger partial charge on any atom is 0.0951 e. The third-order valence-electron chi connectivity index (χ3n) is 3.13. The van der Waals surface area contributed by atoms with Gasteiger partial charge in [-0.2, -0.15) is 0 Å². The molecule has 0 radical (unpaired) electrons. The van der Waals surface area contributed by atoms with E-state index in [0.29, 0.717) is 5.25 Å². The first kappa shape index (κ1) is 10.9. The van der Waals surface area contributed by atoms with Crippen molar-refractivity contribution < 1.29 is 4.42 Å². The molecular weight excluding hydrogens is 232 g/mol. The minimum Gasteiger partial charge on any atom is -0.472 e.